The van der Waals surface area contributed by atoms with Crippen molar-refractivity contribution in [3.05, 3.63) is 42.4 Å². The van der Waals surface area contributed by atoms with Gasteiger partial charge in [-0.25, -0.2) is 9.67 Å². The molecule has 1 amide bonds. The van der Waals surface area contributed by atoms with Crippen LogP contribution in [-0.2, 0) is 0 Å². The first-order valence-electron chi connectivity index (χ1n) is 8.61. The second-order valence-corrected chi connectivity index (χ2v) is 6.74. The van der Waals surface area contributed by atoms with Gasteiger partial charge < -0.3 is 10.2 Å². The Kier molecular flexibility index (Phi) is 5.25. The Morgan fingerprint density at radius 2 is 2.33 bits per heavy atom. The van der Waals surface area contributed by atoms with Crippen LogP contribution in [0, 0.1) is 5.92 Å². The summed E-state index contributed by atoms with van der Waals surface area (Å²) in [5.74, 6) is 1.37. The lowest BCUT2D eigenvalue weighted by Crippen LogP contribution is -2.45. The molecule has 2 aromatic heterocycles. The second kappa shape index (κ2) is 7.57. The van der Waals surface area contributed by atoms with Gasteiger partial charge in [0.2, 0.25) is 0 Å². The van der Waals surface area contributed by atoms with Crippen molar-refractivity contribution in [3.63, 3.8) is 0 Å². The molecule has 1 saturated heterocycles. The summed E-state index contributed by atoms with van der Waals surface area (Å²) in [5, 5.41) is 7.20. The van der Waals surface area contributed by atoms with Gasteiger partial charge in [0.05, 0.1) is 5.56 Å². The van der Waals surface area contributed by atoms with Gasteiger partial charge in [0.1, 0.15) is 0 Å². The molecule has 6 nitrogen and oxygen atoms in total. The molecule has 3 heterocycles. The molecule has 6 heteroatoms. The molecule has 0 aliphatic carbocycles. The van der Waals surface area contributed by atoms with Crippen LogP contribution >= 0.6 is 0 Å². The number of carbonyl (C=O) groups excluding carboxylic acids is 1. The molecule has 2 atom stereocenters. The van der Waals surface area contributed by atoms with Gasteiger partial charge in [-0.3, -0.25) is 4.79 Å². The molecule has 3 rings (SSSR count). The highest BCUT2D eigenvalue weighted by Crippen LogP contribution is 2.15. The highest BCUT2D eigenvalue weighted by molar-refractivity contribution is 5.94. The maximum Gasteiger partial charge on any atom is 0.253 e. The molecular formula is C18H25N5O. The SMILES string of the molecule is C[C@@H]1CCCN(C[C@H](C)NC(=O)c2ccc(-n3cccn3)nc2)C1. The van der Waals surface area contributed by atoms with Crippen LogP contribution in [0.15, 0.2) is 36.8 Å². The maximum atomic E-state index is 12.4. The number of carbonyl (C=O) groups is 1. The van der Waals surface area contributed by atoms with Crippen molar-refractivity contribution in [1.29, 1.82) is 0 Å². The van der Waals surface area contributed by atoms with Crippen LogP contribution in [0.5, 0.6) is 0 Å². The Labute approximate surface area is 142 Å². The summed E-state index contributed by atoms with van der Waals surface area (Å²) in [4.78, 5) is 19.1. The lowest BCUT2D eigenvalue weighted by molar-refractivity contribution is 0.0919. The van der Waals surface area contributed by atoms with E-state index in [0.717, 1.165) is 25.6 Å². The number of rotatable bonds is 5. The minimum Gasteiger partial charge on any atom is -0.348 e. The minimum atomic E-state index is -0.0768. The molecular weight excluding hydrogens is 302 g/mol. The topological polar surface area (TPSA) is 63.1 Å². The number of piperidine rings is 1. The monoisotopic (exact) mass is 327 g/mol. The molecule has 0 radical (unpaired) electrons. The summed E-state index contributed by atoms with van der Waals surface area (Å²) in [6.07, 6.45) is 7.68. The van der Waals surface area contributed by atoms with Crippen LogP contribution in [0.4, 0.5) is 0 Å². The Bertz CT molecular complexity index is 653. The van der Waals surface area contributed by atoms with E-state index in [0.29, 0.717) is 11.4 Å². The van der Waals surface area contributed by atoms with Crippen LogP contribution in [-0.4, -0.2) is 51.2 Å². The predicted molar refractivity (Wildman–Crippen MR) is 93.1 cm³/mol. The van der Waals surface area contributed by atoms with Crippen molar-refractivity contribution in [3.8, 4) is 5.82 Å². The van der Waals surface area contributed by atoms with Gasteiger partial charge in [-0.1, -0.05) is 6.92 Å². The van der Waals surface area contributed by atoms with Crippen LogP contribution < -0.4 is 5.32 Å². The van der Waals surface area contributed by atoms with E-state index >= 15 is 0 Å². The average Bonchev–Trinajstić information content (AvgIpc) is 3.09. The van der Waals surface area contributed by atoms with E-state index in [-0.39, 0.29) is 11.9 Å². The third-order valence-electron chi connectivity index (χ3n) is 4.40. The van der Waals surface area contributed by atoms with Crippen molar-refractivity contribution in [2.75, 3.05) is 19.6 Å². The van der Waals surface area contributed by atoms with E-state index in [1.807, 2.05) is 12.3 Å². The van der Waals surface area contributed by atoms with E-state index in [9.17, 15) is 4.79 Å². The minimum absolute atomic E-state index is 0.0768. The molecule has 24 heavy (non-hydrogen) atoms. The first kappa shape index (κ1) is 16.6. The second-order valence-electron chi connectivity index (χ2n) is 6.74. The van der Waals surface area contributed by atoms with Crippen molar-refractivity contribution in [2.24, 2.45) is 5.92 Å². The zero-order valence-electron chi connectivity index (χ0n) is 14.4. The van der Waals surface area contributed by atoms with Crippen molar-refractivity contribution < 1.29 is 4.79 Å². The molecule has 0 aromatic carbocycles. The van der Waals surface area contributed by atoms with Crippen LogP contribution in [0.1, 0.15) is 37.0 Å². The van der Waals surface area contributed by atoms with Crippen LogP contribution in [0.25, 0.3) is 5.82 Å². The van der Waals surface area contributed by atoms with E-state index in [4.69, 9.17) is 0 Å². The number of aromatic nitrogens is 3. The predicted octanol–water partition coefficient (Wildman–Crippen LogP) is 2.12. The number of amides is 1. The molecule has 1 aliphatic heterocycles. The highest BCUT2D eigenvalue weighted by Gasteiger charge is 2.19. The molecule has 1 N–H and O–H groups in total. The molecule has 1 aliphatic rings. The van der Waals surface area contributed by atoms with Gasteiger partial charge in [-0.05, 0) is 50.4 Å². The molecule has 2 aromatic rings. The van der Waals surface area contributed by atoms with Gasteiger partial charge >= 0.3 is 0 Å². The van der Waals surface area contributed by atoms with Crippen molar-refractivity contribution in [2.45, 2.75) is 32.7 Å². The van der Waals surface area contributed by atoms with Gasteiger partial charge in [0.15, 0.2) is 5.82 Å². The number of nitrogens with zero attached hydrogens (tertiary/aromatic N) is 4. The van der Waals surface area contributed by atoms with E-state index in [2.05, 4.69) is 34.1 Å². The van der Waals surface area contributed by atoms with E-state index < -0.39 is 0 Å². The first-order chi connectivity index (χ1) is 11.6. The summed E-state index contributed by atoms with van der Waals surface area (Å²) < 4.78 is 1.67. The number of hydrogen-bond acceptors (Lipinski definition) is 4. The average molecular weight is 327 g/mol. The van der Waals surface area contributed by atoms with Gasteiger partial charge in [-0.15, -0.1) is 0 Å². The number of likely N-dealkylation sites (tertiary alicyclic amines) is 1. The fraction of sp³-hybridized carbons (Fsp3) is 0.500. The third-order valence-corrected chi connectivity index (χ3v) is 4.40. The summed E-state index contributed by atoms with van der Waals surface area (Å²) >= 11 is 0. The molecule has 128 valence electrons. The van der Waals surface area contributed by atoms with Crippen LogP contribution in [0.2, 0.25) is 0 Å². The summed E-state index contributed by atoms with van der Waals surface area (Å²) in [7, 11) is 0. The fourth-order valence-electron chi connectivity index (χ4n) is 3.25. The molecule has 0 saturated carbocycles. The standard InChI is InChI=1S/C18H25N5O/c1-14-5-3-9-22(12-14)13-15(2)21-18(24)16-6-7-17(19-11-16)23-10-4-8-20-23/h4,6-8,10-11,14-15H,3,5,9,12-13H2,1-2H3,(H,21,24)/t14-,15+/m1/s1. The zero-order valence-corrected chi connectivity index (χ0v) is 14.4. The molecule has 0 bridgehead atoms. The summed E-state index contributed by atoms with van der Waals surface area (Å²) in [6, 6.07) is 5.55. The molecule has 0 unspecified atom stereocenters. The number of nitrogens with one attached hydrogen (secondary N) is 1. The summed E-state index contributed by atoms with van der Waals surface area (Å²) in [5.41, 5.74) is 0.574. The number of pyridine rings is 1. The fourth-order valence-corrected chi connectivity index (χ4v) is 3.25. The maximum absolute atomic E-state index is 12.4. The number of hydrogen-bond donors (Lipinski definition) is 1. The van der Waals surface area contributed by atoms with Crippen molar-refractivity contribution >= 4 is 5.91 Å². The largest absolute Gasteiger partial charge is 0.348 e. The molecule has 0 spiro atoms. The Balaban J connectivity index is 1.54. The van der Waals surface area contributed by atoms with E-state index in [1.165, 1.54) is 12.8 Å². The van der Waals surface area contributed by atoms with Gasteiger partial charge in [-0.2, -0.15) is 5.10 Å². The Morgan fingerprint density at radius 1 is 1.46 bits per heavy atom. The van der Waals surface area contributed by atoms with Gasteiger partial charge in [0, 0.05) is 37.7 Å². The normalized spacial score (nSPS) is 19.8. The summed E-state index contributed by atoms with van der Waals surface area (Å²) in [6.45, 7) is 7.50. The first-order valence-corrected chi connectivity index (χ1v) is 8.61. The van der Waals surface area contributed by atoms with Gasteiger partial charge in [0.25, 0.3) is 5.91 Å². The van der Waals surface area contributed by atoms with Crippen molar-refractivity contribution in [1.82, 2.24) is 25.0 Å². The molecule has 1 fully saturated rings. The lowest BCUT2D eigenvalue weighted by atomic mass is 10.00. The Hall–Kier alpha value is -2.21. The lowest BCUT2D eigenvalue weighted by Gasteiger charge is -2.32. The quantitative estimate of drug-likeness (QED) is 0.914. The third kappa shape index (κ3) is 4.20. The van der Waals surface area contributed by atoms with Crippen LogP contribution in [0.3, 0.4) is 0 Å². The highest BCUT2D eigenvalue weighted by atomic mass is 16.1. The zero-order chi connectivity index (χ0) is 16.9. The Morgan fingerprint density at radius 3 is 3.00 bits per heavy atom. The van der Waals surface area contributed by atoms with E-state index in [1.54, 1.807) is 29.2 Å². The smallest absolute Gasteiger partial charge is 0.253 e.